The molecule has 0 atom stereocenters. The summed E-state index contributed by atoms with van der Waals surface area (Å²) in [6.45, 7) is 3.45. The molecule has 8 heteroatoms. The second-order valence-corrected chi connectivity index (χ2v) is 10.6. The molecule has 224 valence electrons. The average Bonchev–Trinajstić information content (AvgIpc) is 3.38. The zero-order valence-corrected chi connectivity index (χ0v) is 25.2. The van der Waals surface area contributed by atoms with Crippen molar-refractivity contribution < 1.29 is 19.1 Å². The fourth-order valence-electron chi connectivity index (χ4n) is 5.13. The first-order valence-corrected chi connectivity index (χ1v) is 14.6. The third-order valence-corrected chi connectivity index (χ3v) is 7.49. The Morgan fingerprint density at radius 1 is 0.841 bits per heavy atom. The number of anilines is 3. The first kappa shape index (κ1) is 30.3. The van der Waals surface area contributed by atoms with Crippen molar-refractivity contribution in [1.82, 2.24) is 4.90 Å². The van der Waals surface area contributed by atoms with E-state index < -0.39 is 5.97 Å². The van der Waals surface area contributed by atoms with Crippen molar-refractivity contribution in [2.24, 2.45) is 0 Å². The zero-order valence-electron chi connectivity index (χ0n) is 25.2. The summed E-state index contributed by atoms with van der Waals surface area (Å²) in [5.41, 5.74) is 6.29. The minimum Gasteiger partial charge on any atom is -0.462 e. The fraction of sp³-hybridized carbons (Fsp3) is 0.194. The molecule has 8 nitrogen and oxygen atoms in total. The van der Waals surface area contributed by atoms with Gasteiger partial charge in [0.15, 0.2) is 0 Å². The van der Waals surface area contributed by atoms with E-state index in [1.807, 2.05) is 79.8 Å². The monoisotopic (exact) mass is 588 g/mol. The van der Waals surface area contributed by atoms with Gasteiger partial charge in [-0.15, -0.1) is 0 Å². The van der Waals surface area contributed by atoms with Gasteiger partial charge in [0.2, 0.25) is 5.91 Å². The van der Waals surface area contributed by atoms with Gasteiger partial charge < -0.3 is 25.2 Å². The molecule has 0 radical (unpaired) electrons. The van der Waals surface area contributed by atoms with Gasteiger partial charge in [-0.2, -0.15) is 0 Å². The number of hydrogen-bond donors (Lipinski definition) is 2. The molecule has 2 amide bonds. The number of carbonyl (C=O) groups is 3. The highest BCUT2D eigenvalue weighted by molar-refractivity contribution is 6.37. The van der Waals surface area contributed by atoms with Crippen LogP contribution in [-0.2, 0) is 20.9 Å². The maximum absolute atomic E-state index is 13.3. The Kier molecular flexibility index (Phi) is 9.52. The van der Waals surface area contributed by atoms with Crippen molar-refractivity contribution in [3.63, 3.8) is 0 Å². The maximum Gasteiger partial charge on any atom is 0.338 e. The van der Waals surface area contributed by atoms with E-state index in [1.54, 1.807) is 37.1 Å². The van der Waals surface area contributed by atoms with Crippen LogP contribution in [0.25, 0.3) is 11.3 Å². The van der Waals surface area contributed by atoms with Gasteiger partial charge in [0, 0.05) is 43.5 Å². The third kappa shape index (κ3) is 7.04. The number of nitrogens with zero attached hydrogens (tertiary/aromatic N) is 2. The number of hydrogen-bond acceptors (Lipinski definition) is 6. The molecule has 5 rings (SSSR count). The molecule has 2 N–H and O–H groups in total. The van der Waals surface area contributed by atoms with Crippen LogP contribution in [0.5, 0.6) is 0 Å². The van der Waals surface area contributed by atoms with Gasteiger partial charge in [-0.3, -0.25) is 9.59 Å². The second-order valence-electron chi connectivity index (χ2n) is 10.6. The van der Waals surface area contributed by atoms with E-state index in [0.717, 1.165) is 23.5 Å². The van der Waals surface area contributed by atoms with Crippen LogP contribution in [0.1, 0.15) is 40.4 Å². The van der Waals surface area contributed by atoms with E-state index in [9.17, 15) is 14.4 Å². The topological polar surface area (TPSA) is 91.0 Å². The van der Waals surface area contributed by atoms with Crippen LogP contribution >= 0.6 is 0 Å². The van der Waals surface area contributed by atoms with Gasteiger partial charge in [-0.1, -0.05) is 66.7 Å². The zero-order chi connectivity index (χ0) is 31.1. The highest BCUT2D eigenvalue weighted by atomic mass is 16.5. The van der Waals surface area contributed by atoms with E-state index in [2.05, 4.69) is 27.7 Å². The lowest BCUT2D eigenvalue weighted by Crippen LogP contribution is -2.30. The molecule has 1 heterocycles. The van der Waals surface area contributed by atoms with E-state index >= 15 is 0 Å². The summed E-state index contributed by atoms with van der Waals surface area (Å²) in [4.78, 5) is 42.4. The Bertz CT molecular complexity index is 1670. The molecule has 4 aromatic rings. The van der Waals surface area contributed by atoms with E-state index in [-0.39, 0.29) is 18.4 Å². The van der Waals surface area contributed by atoms with Gasteiger partial charge in [0.25, 0.3) is 5.91 Å². The van der Waals surface area contributed by atoms with E-state index in [1.165, 1.54) is 5.56 Å². The molecule has 0 unspecified atom stereocenters. The minimum absolute atomic E-state index is 0.0270. The van der Waals surface area contributed by atoms with E-state index in [4.69, 9.17) is 4.74 Å². The Labute approximate surface area is 258 Å². The van der Waals surface area contributed by atoms with Crippen LogP contribution in [0, 0.1) is 0 Å². The average molecular weight is 589 g/mol. The lowest BCUT2D eigenvalue weighted by Gasteiger charge is -2.21. The molecule has 0 saturated carbocycles. The van der Waals surface area contributed by atoms with Crippen LogP contribution in [0.15, 0.2) is 103 Å². The number of benzene rings is 4. The molecular weight excluding hydrogens is 552 g/mol. The predicted octanol–water partition coefficient (Wildman–Crippen LogP) is 6.28. The maximum atomic E-state index is 13.3. The predicted molar refractivity (Wildman–Crippen MR) is 175 cm³/mol. The van der Waals surface area contributed by atoms with Crippen molar-refractivity contribution in [1.29, 1.82) is 0 Å². The molecule has 1 aliphatic heterocycles. The summed E-state index contributed by atoms with van der Waals surface area (Å²) < 4.78 is 5.12. The Morgan fingerprint density at radius 3 is 2.20 bits per heavy atom. The molecule has 0 aromatic heterocycles. The molecule has 0 spiro atoms. The van der Waals surface area contributed by atoms with Gasteiger partial charge in [-0.05, 0) is 61.5 Å². The number of fused-ring (bicyclic) bond motifs is 1. The summed E-state index contributed by atoms with van der Waals surface area (Å²) in [6.07, 6.45) is 0.399. The Hall–Kier alpha value is -5.21. The summed E-state index contributed by atoms with van der Waals surface area (Å²) >= 11 is 0. The number of carbonyl (C=O) groups excluding carboxylic acids is 3. The minimum atomic E-state index is -0.439. The largest absolute Gasteiger partial charge is 0.462 e. The molecule has 0 fully saturated rings. The third-order valence-electron chi connectivity index (χ3n) is 7.49. The summed E-state index contributed by atoms with van der Waals surface area (Å²) in [6, 6.07) is 32.4. The number of esters is 1. The quantitative estimate of drug-likeness (QED) is 0.158. The van der Waals surface area contributed by atoms with Crippen molar-refractivity contribution in [3.8, 4) is 0 Å². The standard InChI is InChI=1S/C36H36N4O4/c1-4-44-36(43)27-15-20-30-31(23-27)38-35(42)33(30)34(26-13-9-6-10-14-26)37-28-16-18-29(19-17-28)40(3)32(41)21-22-39(2)24-25-11-7-5-8-12-25/h5-20,23,37H,4,21-22,24H2,1-3H3,(H,38,42). The van der Waals surface area contributed by atoms with Gasteiger partial charge in [0.1, 0.15) is 0 Å². The Morgan fingerprint density at radius 2 is 1.52 bits per heavy atom. The molecular formula is C36H36N4O4. The van der Waals surface area contributed by atoms with Crippen LogP contribution in [-0.4, -0.2) is 49.9 Å². The van der Waals surface area contributed by atoms with E-state index in [0.29, 0.717) is 41.1 Å². The highest BCUT2D eigenvalue weighted by Crippen LogP contribution is 2.38. The van der Waals surface area contributed by atoms with Gasteiger partial charge >= 0.3 is 5.97 Å². The second kappa shape index (κ2) is 13.8. The lowest BCUT2D eigenvalue weighted by atomic mass is 9.99. The normalized spacial score (nSPS) is 13.2. The molecule has 1 aliphatic rings. The van der Waals surface area contributed by atoms with Gasteiger partial charge in [-0.25, -0.2) is 4.79 Å². The van der Waals surface area contributed by atoms with Crippen molar-refractivity contribution >= 4 is 46.1 Å². The van der Waals surface area contributed by atoms with Crippen molar-refractivity contribution in [2.75, 3.05) is 42.8 Å². The SMILES string of the molecule is CCOC(=O)c1ccc2c(c1)NC(=O)C2=C(Nc1ccc(N(C)C(=O)CCN(C)Cc2ccccc2)cc1)c1ccccc1. The van der Waals surface area contributed by atoms with Crippen LogP contribution in [0.4, 0.5) is 17.1 Å². The smallest absolute Gasteiger partial charge is 0.338 e. The van der Waals surface area contributed by atoms with Crippen LogP contribution < -0.4 is 15.5 Å². The first-order chi connectivity index (χ1) is 21.3. The fourth-order valence-corrected chi connectivity index (χ4v) is 5.13. The molecule has 0 aliphatic carbocycles. The van der Waals surface area contributed by atoms with Gasteiger partial charge in [0.05, 0.1) is 29.1 Å². The summed E-state index contributed by atoms with van der Waals surface area (Å²) in [5.74, 6) is -0.684. The van der Waals surface area contributed by atoms with Crippen molar-refractivity contribution in [2.45, 2.75) is 19.9 Å². The molecule has 0 saturated heterocycles. The highest BCUT2D eigenvalue weighted by Gasteiger charge is 2.29. The first-order valence-electron chi connectivity index (χ1n) is 14.6. The summed E-state index contributed by atoms with van der Waals surface area (Å²) in [5, 5.41) is 6.34. The van der Waals surface area contributed by atoms with Crippen LogP contribution in [0.2, 0.25) is 0 Å². The number of ether oxygens (including phenoxy) is 1. The lowest BCUT2D eigenvalue weighted by molar-refractivity contribution is -0.118. The number of rotatable bonds is 11. The summed E-state index contributed by atoms with van der Waals surface area (Å²) in [7, 11) is 3.80. The van der Waals surface area contributed by atoms with Crippen molar-refractivity contribution in [3.05, 3.63) is 125 Å². The molecule has 0 bridgehead atoms. The van der Waals surface area contributed by atoms with Crippen LogP contribution in [0.3, 0.4) is 0 Å². The Balaban J connectivity index is 1.33. The molecule has 4 aromatic carbocycles. The molecule has 44 heavy (non-hydrogen) atoms. The number of nitrogens with one attached hydrogen (secondary N) is 2. The number of amides is 2.